The highest BCUT2D eigenvalue weighted by molar-refractivity contribution is 7.99. The fourth-order valence-electron chi connectivity index (χ4n) is 3.29. The van der Waals surface area contributed by atoms with Crippen molar-refractivity contribution in [2.75, 3.05) is 5.75 Å². The van der Waals surface area contributed by atoms with Crippen molar-refractivity contribution in [3.05, 3.63) is 101 Å². The first-order valence-corrected chi connectivity index (χ1v) is 10.8. The van der Waals surface area contributed by atoms with Crippen molar-refractivity contribution in [2.24, 2.45) is 0 Å². The molecule has 0 radical (unpaired) electrons. The average Bonchev–Trinajstić information content (AvgIpc) is 2.78. The van der Waals surface area contributed by atoms with E-state index in [9.17, 15) is 14.0 Å². The van der Waals surface area contributed by atoms with Crippen LogP contribution in [0.2, 0.25) is 0 Å². The molecular formula is C24H20FN3O2S. The number of benzene rings is 3. The van der Waals surface area contributed by atoms with Crippen molar-refractivity contribution < 1.29 is 9.18 Å². The van der Waals surface area contributed by atoms with Crippen LogP contribution in [-0.2, 0) is 4.79 Å². The lowest BCUT2D eigenvalue weighted by molar-refractivity contribution is -0.119. The number of hydrogen-bond donors (Lipinski definition) is 1. The number of rotatable bonds is 6. The van der Waals surface area contributed by atoms with Crippen LogP contribution >= 0.6 is 11.8 Å². The van der Waals surface area contributed by atoms with E-state index in [4.69, 9.17) is 0 Å². The molecule has 0 saturated carbocycles. The molecule has 4 rings (SSSR count). The molecule has 1 unspecified atom stereocenters. The van der Waals surface area contributed by atoms with E-state index in [1.54, 1.807) is 30.3 Å². The molecule has 156 valence electrons. The Bertz CT molecular complexity index is 1290. The minimum absolute atomic E-state index is 0.0667. The second kappa shape index (κ2) is 9.14. The van der Waals surface area contributed by atoms with Crippen LogP contribution in [0.4, 0.5) is 4.39 Å². The van der Waals surface area contributed by atoms with Crippen LogP contribution in [0, 0.1) is 5.82 Å². The molecule has 0 aliphatic carbocycles. The van der Waals surface area contributed by atoms with Crippen LogP contribution in [0.1, 0.15) is 18.5 Å². The molecule has 0 fully saturated rings. The topological polar surface area (TPSA) is 64.0 Å². The van der Waals surface area contributed by atoms with Crippen molar-refractivity contribution in [1.82, 2.24) is 14.9 Å². The number of aromatic nitrogens is 2. The monoisotopic (exact) mass is 433 g/mol. The van der Waals surface area contributed by atoms with Gasteiger partial charge in [0.05, 0.1) is 28.4 Å². The quantitative estimate of drug-likeness (QED) is 0.359. The lowest BCUT2D eigenvalue weighted by Gasteiger charge is -2.15. The third-order valence-corrected chi connectivity index (χ3v) is 5.76. The lowest BCUT2D eigenvalue weighted by atomic mass is 10.1. The van der Waals surface area contributed by atoms with Crippen molar-refractivity contribution in [1.29, 1.82) is 0 Å². The van der Waals surface area contributed by atoms with Gasteiger partial charge in [0.2, 0.25) is 5.91 Å². The highest BCUT2D eigenvalue weighted by Crippen LogP contribution is 2.22. The molecule has 3 aromatic carbocycles. The molecule has 0 spiro atoms. The first-order valence-electron chi connectivity index (χ1n) is 9.78. The highest BCUT2D eigenvalue weighted by Gasteiger charge is 2.16. The Hall–Kier alpha value is -3.45. The summed E-state index contributed by atoms with van der Waals surface area (Å²) in [5.41, 5.74) is 1.59. The summed E-state index contributed by atoms with van der Waals surface area (Å²) in [6.07, 6.45) is 0. The van der Waals surface area contributed by atoms with Gasteiger partial charge in [-0.05, 0) is 42.8 Å². The third kappa shape index (κ3) is 4.67. The summed E-state index contributed by atoms with van der Waals surface area (Å²) in [5, 5.41) is 3.71. The standard InChI is InChI=1S/C24H20FN3O2S/c1-16(17-8-3-2-4-9-17)26-22(29)15-31-24-27-21-13-6-5-12-20(21)23(30)28(24)19-11-7-10-18(25)14-19/h2-14,16H,15H2,1H3,(H,26,29). The second-order valence-corrected chi connectivity index (χ2v) is 7.96. The number of nitrogens with one attached hydrogen (secondary N) is 1. The number of carbonyl (C=O) groups excluding carboxylic acids is 1. The van der Waals surface area contributed by atoms with Gasteiger partial charge >= 0.3 is 0 Å². The predicted molar refractivity (Wildman–Crippen MR) is 121 cm³/mol. The normalized spacial score (nSPS) is 11.9. The molecule has 1 aromatic heterocycles. The maximum atomic E-state index is 13.8. The van der Waals surface area contributed by atoms with Gasteiger partial charge in [-0.3, -0.25) is 14.2 Å². The maximum absolute atomic E-state index is 13.8. The number of fused-ring (bicyclic) bond motifs is 1. The molecule has 1 amide bonds. The number of halogens is 1. The first kappa shape index (κ1) is 20.8. The van der Waals surface area contributed by atoms with Crippen LogP contribution in [0.25, 0.3) is 16.6 Å². The Balaban J connectivity index is 1.63. The zero-order valence-corrected chi connectivity index (χ0v) is 17.6. The van der Waals surface area contributed by atoms with Gasteiger partial charge in [0.15, 0.2) is 5.16 Å². The van der Waals surface area contributed by atoms with E-state index in [-0.39, 0.29) is 23.3 Å². The molecule has 4 aromatic rings. The molecule has 31 heavy (non-hydrogen) atoms. The van der Waals surface area contributed by atoms with Crippen molar-refractivity contribution in [2.45, 2.75) is 18.1 Å². The van der Waals surface area contributed by atoms with E-state index >= 15 is 0 Å². The second-order valence-electron chi connectivity index (χ2n) is 7.02. The molecule has 7 heteroatoms. The minimum atomic E-state index is -0.456. The number of thioether (sulfide) groups is 1. The number of carbonyl (C=O) groups is 1. The molecule has 0 aliphatic rings. The minimum Gasteiger partial charge on any atom is -0.349 e. The van der Waals surface area contributed by atoms with E-state index in [0.717, 1.165) is 17.3 Å². The summed E-state index contributed by atoms with van der Waals surface area (Å²) in [6, 6.07) is 22.3. The molecule has 0 saturated heterocycles. The molecule has 5 nitrogen and oxygen atoms in total. The van der Waals surface area contributed by atoms with Crippen LogP contribution in [-0.4, -0.2) is 21.2 Å². The highest BCUT2D eigenvalue weighted by atomic mass is 32.2. The van der Waals surface area contributed by atoms with Gasteiger partial charge in [-0.25, -0.2) is 9.37 Å². The van der Waals surface area contributed by atoms with Crippen molar-refractivity contribution in [3.63, 3.8) is 0 Å². The molecule has 0 aliphatic heterocycles. The Labute approximate surface area is 182 Å². The SMILES string of the molecule is CC(NC(=O)CSc1nc2ccccc2c(=O)n1-c1cccc(F)c1)c1ccccc1. The summed E-state index contributed by atoms with van der Waals surface area (Å²) in [6.45, 7) is 1.91. The fraction of sp³-hybridized carbons (Fsp3) is 0.125. The van der Waals surface area contributed by atoms with Crippen LogP contribution < -0.4 is 10.9 Å². The Morgan fingerprint density at radius 2 is 1.81 bits per heavy atom. The van der Waals surface area contributed by atoms with Crippen LogP contribution in [0.3, 0.4) is 0 Å². The van der Waals surface area contributed by atoms with Crippen molar-refractivity contribution in [3.8, 4) is 5.69 Å². The van der Waals surface area contributed by atoms with E-state index < -0.39 is 5.82 Å². The Kier molecular flexibility index (Phi) is 6.13. The summed E-state index contributed by atoms with van der Waals surface area (Å²) in [7, 11) is 0. The van der Waals surface area contributed by atoms with E-state index in [1.807, 2.05) is 37.3 Å². The largest absolute Gasteiger partial charge is 0.349 e. The maximum Gasteiger partial charge on any atom is 0.266 e. The van der Waals surface area contributed by atoms with Crippen LogP contribution in [0.15, 0.2) is 88.8 Å². The average molecular weight is 434 g/mol. The number of para-hydroxylation sites is 1. The van der Waals surface area contributed by atoms with Gasteiger partial charge in [0, 0.05) is 0 Å². The molecule has 1 heterocycles. The predicted octanol–water partition coefficient (Wildman–Crippen LogP) is 4.49. The van der Waals surface area contributed by atoms with Gasteiger partial charge in [-0.1, -0.05) is 60.3 Å². The number of nitrogens with zero attached hydrogens (tertiary/aromatic N) is 2. The summed E-state index contributed by atoms with van der Waals surface area (Å²) in [5.74, 6) is -0.574. The molecule has 1 N–H and O–H groups in total. The van der Waals surface area contributed by atoms with E-state index in [2.05, 4.69) is 10.3 Å². The number of amides is 1. The van der Waals surface area contributed by atoms with E-state index in [1.165, 1.54) is 22.8 Å². The molecular weight excluding hydrogens is 413 g/mol. The smallest absolute Gasteiger partial charge is 0.266 e. The van der Waals surface area contributed by atoms with Gasteiger partial charge in [0.1, 0.15) is 5.82 Å². The fourth-order valence-corrected chi connectivity index (χ4v) is 4.11. The third-order valence-electron chi connectivity index (χ3n) is 4.82. The zero-order chi connectivity index (χ0) is 21.8. The van der Waals surface area contributed by atoms with Gasteiger partial charge < -0.3 is 5.32 Å². The van der Waals surface area contributed by atoms with Gasteiger partial charge in [-0.2, -0.15) is 0 Å². The summed E-state index contributed by atoms with van der Waals surface area (Å²) in [4.78, 5) is 30.3. The molecule has 1 atom stereocenters. The van der Waals surface area contributed by atoms with Crippen molar-refractivity contribution >= 4 is 28.6 Å². The van der Waals surface area contributed by atoms with Gasteiger partial charge in [0.25, 0.3) is 5.56 Å². The Morgan fingerprint density at radius 3 is 2.58 bits per heavy atom. The lowest BCUT2D eigenvalue weighted by Crippen LogP contribution is -2.29. The number of hydrogen-bond acceptors (Lipinski definition) is 4. The summed E-state index contributed by atoms with van der Waals surface area (Å²) >= 11 is 1.14. The summed E-state index contributed by atoms with van der Waals surface area (Å²) < 4.78 is 15.2. The Morgan fingerprint density at radius 1 is 1.06 bits per heavy atom. The zero-order valence-electron chi connectivity index (χ0n) is 16.8. The van der Waals surface area contributed by atoms with E-state index in [0.29, 0.717) is 21.7 Å². The van der Waals surface area contributed by atoms with Crippen LogP contribution in [0.5, 0.6) is 0 Å². The van der Waals surface area contributed by atoms with Gasteiger partial charge in [-0.15, -0.1) is 0 Å². The first-order chi connectivity index (χ1) is 15.0. The molecule has 0 bridgehead atoms.